The number of fused-ring (bicyclic) bond motifs is 1. The molecule has 0 aliphatic heterocycles. The number of hydrogen-bond donors (Lipinski definition) is 0. The van der Waals surface area contributed by atoms with E-state index in [-0.39, 0.29) is 30.5 Å². The third-order valence-corrected chi connectivity index (χ3v) is 4.05. The molecule has 0 unspecified atom stereocenters. The molecule has 0 saturated carbocycles. The maximum Gasteiger partial charge on any atom is 0.310 e. The van der Waals surface area contributed by atoms with Crippen LogP contribution >= 0.6 is 12.4 Å². The summed E-state index contributed by atoms with van der Waals surface area (Å²) in [6.45, 7) is 0.831. The number of methoxy groups -OCH3 is 2. The van der Waals surface area contributed by atoms with Crippen molar-refractivity contribution in [2.24, 2.45) is 7.05 Å². The number of likely N-dealkylation sites (N-methyl/N-ethyl adjacent to an activating group) is 1. The number of ether oxygens (including phenoxy) is 2. The number of nitrogens with zero attached hydrogens (tertiary/aromatic N) is 2. The fourth-order valence-electron chi connectivity index (χ4n) is 2.78. The highest BCUT2D eigenvalue weighted by Crippen LogP contribution is 2.32. The molecule has 24 heavy (non-hydrogen) atoms. The molecule has 0 amide bonds. The largest absolute Gasteiger partial charge is 0.494 e. The van der Waals surface area contributed by atoms with E-state index >= 15 is 0 Å². The van der Waals surface area contributed by atoms with Gasteiger partial charge in [-0.1, -0.05) is 0 Å². The van der Waals surface area contributed by atoms with E-state index in [1.165, 1.54) is 20.3 Å². The highest BCUT2D eigenvalue weighted by Gasteiger charge is 2.20. The maximum atomic E-state index is 14.0. The van der Waals surface area contributed by atoms with Gasteiger partial charge in [-0.05, 0) is 25.7 Å². The van der Waals surface area contributed by atoms with Crippen LogP contribution in [0.4, 0.5) is 4.39 Å². The van der Waals surface area contributed by atoms with Crippen molar-refractivity contribution in [2.75, 3.05) is 34.9 Å². The minimum absolute atomic E-state index is 0. The second kappa shape index (κ2) is 8.35. The summed E-state index contributed by atoms with van der Waals surface area (Å²) < 4.78 is 25.9. The van der Waals surface area contributed by atoms with Gasteiger partial charge in [0.1, 0.15) is 0 Å². The molecule has 2 rings (SSSR count). The summed E-state index contributed by atoms with van der Waals surface area (Å²) in [6, 6.07) is 3.11. The van der Waals surface area contributed by atoms with E-state index in [1.807, 2.05) is 25.7 Å². The second-order valence-corrected chi connectivity index (χ2v) is 5.79. The topological polar surface area (TPSA) is 43.7 Å². The van der Waals surface area contributed by atoms with E-state index < -0.39 is 5.82 Å². The lowest BCUT2D eigenvalue weighted by Crippen LogP contribution is -2.17. The van der Waals surface area contributed by atoms with E-state index in [9.17, 15) is 9.18 Å². The average Bonchev–Trinajstić information content (AvgIpc) is 2.76. The third-order valence-electron chi connectivity index (χ3n) is 4.05. The third kappa shape index (κ3) is 3.99. The first-order valence-corrected chi connectivity index (χ1v) is 7.44. The Morgan fingerprint density at radius 2 is 1.96 bits per heavy atom. The Morgan fingerprint density at radius 1 is 1.29 bits per heavy atom. The number of aryl methyl sites for hydroxylation is 1. The van der Waals surface area contributed by atoms with E-state index in [0.717, 1.165) is 35.1 Å². The van der Waals surface area contributed by atoms with Crippen molar-refractivity contribution >= 4 is 29.3 Å². The van der Waals surface area contributed by atoms with Gasteiger partial charge in [0, 0.05) is 37.2 Å². The molecule has 5 nitrogen and oxygen atoms in total. The number of benzene rings is 1. The fraction of sp³-hybridized carbons (Fsp3) is 0.471. The lowest BCUT2D eigenvalue weighted by molar-refractivity contribution is -0.139. The Bertz CT molecular complexity index is 728. The van der Waals surface area contributed by atoms with Crippen LogP contribution in [-0.4, -0.2) is 50.3 Å². The standard InChI is InChI=1S/C17H23FN2O3.ClH/c1-19(2)7-6-14-12(9-17(21)23-5)11-8-16(22-4)13(18)10-15(11)20(14)3;/h8,10H,6-7,9H2,1-5H3;1H. The predicted molar refractivity (Wildman–Crippen MR) is 94.7 cm³/mol. The van der Waals surface area contributed by atoms with Crippen LogP contribution in [0.15, 0.2) is 12.1 Å². The van der Waals surface area contributed by atoms with Crippen molar-refractivity contribution in [3.8, 4) is 5.75 Å². The van der Waals surface area contributed by atoms with Crippen LogP contribution in [-0.2, 0) is 29.4 Å². The smallest absolute Gasteiger partial charge is 0.310 e. The van der Waals surface area contributed by atoms with Crippen molar-refractivity contribution in [1.82, 2.24) is 9.47 Å². The van der Waals surface area contributed by atoms with Crippen LogP contribution in [0.3, 0.4) is 0 Å². The minimum atomic E-state index is -0.413. The molecule has 7 heteroatoms. The molecular formula is C17H24ClFN2O3. The number of aromatic nitrogens is 1. The van der Waals surface area contributed by atoms with Gasteiger partial charge in [0.2, 0.25) is 0 Å². The Morgan fingerprint density at radius 3 is 2.50 bits per heavy atom. The Hall–Kier alpha value is -1.79. The number of rotatable bonds is 6. The van der Waals surface area contributed by atoms with Crippen LogP contribution in [0.1, 0.15) is 11.3 Å². The lowest BCUT2D eigenvalue weighted by Gasteiger charge is -2.12. The van der Waals surface area contributed by atoms with Gasteiger partial charge in [0.15, 0.2) is 11.6 Å². The Labute approximate surface area is 147 Å². The van der Waals surface area contributed by atoms with Crippen LogP contribution in [0.5, 0.6) is 5.75 Å². The summed E-state index contributed by atoms with van der Waals surface area (Å²) in [5.41, 5.74) is 2.62. The molecule has 0 fully saturated rings. The van der Waals surface area contributed by atoms with Gasteiger partial charge in [-0.3, -0.25) is 4.79 Å². The summed E-state index contributed by atoms with van der Waals surface area (Å²) in [7, 11) is 8.67. The van der Waals surface area contributed by atoms with Gasteiger partial charge < -0.3 is 18.9 Å². The summed E-state index contributed by atoms with van der Waals surface area (Å²) in [5, 5.41) is 0.824. The summed E-state index contributed by atoms with van der Waals surface area (Å²) >= 11 is 0. The predicted octanol–water partition coefficient (Wildman–Crippen LogP) is 2.57. The van der Waals surface area contributed by atoms with Crippen molar-refractivity contribution in [3.63, 3.8) is 0 Å². The summed E-state index contributed by atoms with van der Waals surface area (Å²) in [6.07, 6.45) is 0.916. The van der Waals surface area contributed by atoms with Gasteiger partial charge in [-0.15, -0.1) is 12.4 Å². The molecule has 0 aliphatic carbocycles. The molecule has 1 aromatic carbocycles. The van der Waals surface area contributed by atoms with E-state index in [4.69, 9.17) is 9.47 Å². The van der Waals surface area contributed by atoms with Crippen LogP contribution in [0, 0.1) is 5.82 Å². The number of carbonyl (C=O) groups is 1. The van der Waals surface area contributed by atoms with Crippen LogP contribution in [0.2, 0.25) is 0 Å². The Kier molecular flexibility index (Phi) is 7.05. The van der Waals surface area contributed by atoms with Gasteiger partial charge in [0.25, 0.3) is 0 Å². The molecule has 0 N–H and O–H groups in total. The van der Waals surface area contributed by atoms with Crippen molar-refractivity contribution < 1.29 is 18.7 Å². The summed E-state index contributed by atoms with van der Waals surface area (Å²) in [4.78, 5) is 13.9. The minimum Gasteiger partial charge on any atom is -0.494 e. The lowest BCUT2D eigenvalue weighted by atomic mass is 10.1. The SMILES string of the molecule is COC(=O)Cc1c(CCN(C)C)n(C)c2cc(F)c(OC)cc12.Cl. The molecule has 0 atom stereocenters. The molecule has 0 spiro atoms. The Balaban J connectivity index is 0.00000288. The van der Waals surface area contributed by atoms with Gasteiger partial charge >= 0.3 is 5.97 Å². The first kappa shape index (κ1) is 20.3. The highest BCUT2D eigenvalue weighted by molar-refractivity contribution is 5.90. The van der Waals surface area contributed by atoms with Crippen molar-refractivity contribution in [1.29, 1.82) is 0 Å². The molecule has 0 aliphatic rings. The number of halogens is 2. The zero-order valence-electron chi connectivity index (χ0n) is 14.7. The van der Waals surface area contributed by atoms with Gasteiger partial charge in [0.05, 0.1) is 26.2 Å². The zero-order chi connectivity index (χ0) is 17.1. The number of esters is 1. The number of carbonyl (C=O) groups excluding carboxylic acids is 1. The quantitative estimate of drug-likeness (QED) is 0.744. The van der Waals surface area contributed by atoms with Gasteiger partial charge in [-0.25, -0.2) is 4.39 Å². The molecule has 1 heterocycles. The molecule has 0 bridgehead atoms. The fourth-order valence-corrected chi connectivity index (χ4v) is 2.78. The zero-order valence-corrected chi connectivity index (χ0v) is 15.5. The first-order chi connectivity index (χ1) is 10.9. The molecule has 0 radical (unpaired) electrons. The number of hydrogen-bond acceptors (Lipinski definition) is 4. The monoisotopic (exact) mass is 358 g/mol. The second-order valence-electron chi connectivity index (χ2n) is 5.79. The highest BCUT2D eigenvalue weighted by atomic mass is 35.5. The maximum absolute atomic E-state index is 14.0. The van der Waals surface area contributed by atoms with Crippen molar-refractivity contribution in [2.45, 2.75) is 12.8 Å². The molecular weight excluding hydrogens is 335 g/mol. The molecule has 0 saturated heterocycles. The average molecular weight is 359 g/mol. The van der Waals surface area contributed by atoms with Gasteiger partial charge in [-0.2, -0.15) is 0 Å². The van der Waals surface area contributed by atoms with E-state index in [1.54, 1.807) is 6.07 Å². The normalized spacial score (nSPS) is 10.8. The molecule has 1 aromatic heterocycles. The first-order valence-electron chi connectivity index (χ1n) is 7.44. The van der Waals surface area contributed by atoms with E-state index in [2.05, 4.69) is 4.90 Å². The van der Waals surface area contributed by atoms with Crippen molar-refractivity contribution in [3.05, 3.63) is 29.2 Å². The molecule has 2 aromatic rings. The summed E-state index contributed by atoms with van der Waals surface area (Å²) in [5.74, 6) is -0.551. The molecule has 134 valence electrons. The van der Waals surface area contributed by atoms with Crippen LogP contribution < -0.4 is 4.74 Å². The van der Waals surface area contributed by atoms with E-state index in [0.29, 0.717) is 0 Å². The van der Waals surface area contributed by atoms with Crippen LogP contribution in [0.25, 0.3) is 10.9 Å².